The number of aryl methyl sites for hydroxylation is 1. The largest absolute Gasteiger partial charge is 0.383 e. The van der Waals surface area contributed by atoms with Crippen LogP contribution in [0.2, 0.25) is 0 Å². The van der Waals surface area contributed by atoms with Gasteiger partial charge < -0.3 is 15.4 Å². The van der Waals surface area contributed by atoms with Crippen molar-refractivity contribution in [3.05, 3.63) is 65.2 Å². The number of rotatable bonds is 11. The van der Waals surface area contributed by atoms with E-state index in [1.165, 1.54) is 18.2 Å². The van der Waals surface area contributed by atoms with E-state index in [9.17, 15) is 8.42 Å². The van der Waals surface area contributed by atoms with Crippen molar-refractivity contribution in [1.29, 1.82) is 0 Å². The van der Waals surface area contributed by atoms with E-state index in [0.29, 0.717) is 19.7 Å². The minimum atomic E-state index is -3.53. The fourth-order valence-electron chi connectivity index (χ4n) is 2.90. The van der Waals surface area contributed by atoms with E-state index in [1.807, 2.05) is 13.0 Å². The number of methoxy groups -OCH3 is 1. The van der Waals surface area contributed by atoms with Crippen molar-refractivity contribution in [2.24, 2.45) is 4.99 Å². The fourth-order valence-corrected chi connectivity index (χ4v) is 3.91. The van der Waals surface area contributed by atoms with Gasteiger partial charge in [0.05, 0.1) is 18.0 Å². The lowest BCUT2D eigenvalue weighted by molar-refractivity contribution is 0.204. The summed E-state index contributed by atoms with van der Waals surface area (Å²) in [5, 5.41) is 6.61. The Balaban J connectivity index is 0.00000480. The molecule has 0 aliphatic carbocycles. The van der Waals surface area contributed by atoms with Crippen LogP contribution in [0.1, 0.15) is 30.5 Å². The van der Waals surface area contributed by atoms with Crippen molar-refractivity contribution in [1.82, 2.24) is 15.4 Å². The van der Waals surface area contributed by atoms with Gasteiger partial charge in [-0.25, -0.2) is 18.1 Å². The molecule has 0 radical (unpaired) electrons. The third-order valence-electron chi connectivity index (χ3n) is 4.54. The topological polar surface area (TPSA) is 91.8 Å². The highest BCUT2D eigenvalue weighted by Crippen LogP contribution is 2.12. The maximum atomic E-state index is 12.2. The minimum absolute atomic E-state index is 0. The van der Waals surface area contributed by atoms with Crippen molar-refractivity contribution >= 4 is 40.0 Å². The Labute approximate surface area is 203 Å². The van der Waals surface area contributed by atoms with E-state index in [-0.39, 0.29) is 35.4 Å². The molecule has 0 saturated heterocycles. The van der Waals surface area contributed by atoms with Crippen LogP contribution in [-0.2, 0) is 34.3 Å². The van der Waals surface area contributed by atoms with Gasteiger partial charge in [0.15, 0.2) is 5.96 Å². The molecule has 0 fully saturated rings. The Morgan fingerprint density at radius 2 is 1.68 bits per heavy atom. The monoisotopic (exact) mass is 560 g/mol. The second-order valence-corrected chi connectivity index (χ2v) is 8.47. The van der Waals surface area contributed by atoms with Crippen LogP contribution in [0.3, 0.4) is 0 Å². The first-order valence-corrected chi connectivity index (χ1v) is 11.6. The van der Waals surface area contributed by atoms with Gasteiger partial charge in [0.2, 0.25) is 10.0 Å². The fraction of sp³-hybridized carbons (Fsp3) is 0.409. The SMILES string of the molecule is CCNC(=NCc1ccc(S(=O)(=O)NCCOC)cc1)NCc1ccccc1CC.I. The van der Waals surface area contributed by atoms with Crippen LogP contribution in [-0.4, -0.2) is 41.2 Å². The predicted molar refractivity (Wildman–Crippen MR) is 136 cm³/mol. The average molecular weight is 561 g/mol. The number of halogens is 1. The van der Waals surface area contributed by atoms with Crippen molar-refractivity contribution in [2.75, 3.05) is 26.8 Å². The molecule has 2 rings (SSSR count). The molecular formula is C22H33IN4O3S. The van der Waals surface area contributed by atoms with Crippen molar-refractivity contribution < 1.29 is 13.2 Å². The number of benzene rings is 2. The average Bonchev–Trinajstić information content (AvgIpc) is 2.76. The molecule has 172 valence electrons. The summed E-state index contributed by atoms with van der Waals surface area (Å²) in [5.41, 5.74) is 3.50. The van der Waals surface area contributed by atoms with Crippen LogP contribution in [0, 0.1) is 0 Å². The number of aliphatic imine (C=N–C) groups is 1. The lowest BCUT2D eigenvalue weighted by atomic mass is 10.1. The van der Waals surface area contributed by atoms with E-state index >= 15 is 0 Å². The van der Waals surface area contributed by atoms with Crippen molar-refractivity contribution in [3.8, 4) is 0 Å². The van der Waals surface area contributed by atoms with Gasteiger partial charge >= 0.3 is 0 Å². The maximum absolute atomic E-state index is 12.2. The maximum Gasteiger partial charge on any atom is 0.240 e. The molecule has 0 aliphatic rings. The van der Waals surface area contributed by atoms with Gasteiger partial charge in [0, 0.05) is 26.7 Å². The summed E-state index contributed by atoms with van der Waals surface area (Å²) in [7, 11) is -2.00. The zero-order valence-electron chi connectivity index (χ0n) is 18.3. The van der Waals surface area contributed by atoms with Crippen molar-refractivity contribution in [2.45, 2.75) is 38.3 Å². The van der Waals surface area contributed by atoms with E-state index < -0.39 is 10.0 Å². The van der Waals surface area contributed by atoms with Gasteiger partial charge in [0.1, 0.15) is 0 Å². The van der Waals surface area contributed by atoms with E-state index in [1.54, 1.807) is 24.3 Å². The van der Waals surface area contributed by atoms with Gasteiger partial charge in [-0.05, 0) is 42.2 Å². The first-order chi connectivity index (χ1) is 14.5. The van der Waals surface area contributed by atoms with Gasteiger partial charge in [-0.2, -0.15) is 0 Å². The molecule has 2 aromatic carbocycles. The number of nitrogens with one attached hydrogen (secondary N) is 3. The molecular weight excluding hydrogens is 527 g/mol. The van der Waals surface area contributed by atoms with Crippen LogP contribution in [0.4, 0.5) is 0 Å². The van der Waals surface area contributed by atoms with Gasteiger partial charge in [0.25, 0.3) is 0 Å². The van der Waals surface area contributed by atoms with Crippen molar-refractivity contribution in [3.63, 3.8) is 0 Å². The second kappa shape index (κ2) is 14.4. The number of hydrogen-bond acceptors (Lipinski definition) is 4. The first kappa shape index (κ1) is 27.3. The van der Waals surface area contributed by atoms with E-state index in [4.69, 9.17) is 4.74 Å². The lowest BCUT2D eigenvalue weighted by Crippen LogP contribution is -2.37. The highest BCUT2D eigenvalue weighted by Gasteiger charge is 2.12. The van der Waals surface area contributed by atoms with Crippen LogP contribution in [0.5, 0.6) is 0 Å². The quantitative estimate of drug-likeness (QED) is 0.170. The Morgan fingerprint density at radius 3 is 2.29 bits per heavy atom. The summed E-state index contributed by atoms with van der Waals surface area (Å²) in [6.07, 6.45) is 0.987. The minimum Gasteiger partial charge on any atom is -0.383 e. The number of ether oxygens (including phenoxy) is 1. The molecule has 0 saturated carbocycles. The molecule has 0 bridgehead atoms. The molecule has 31 heavy (non-hydrogen) atoms. The lowest BCUT2D eigenvalue weighted by Gasteiger charge is -2.13. The Hall–Kier alpha value is -1.69. The standard InChI is InChI=1S/C22H32N4O3S.HI/c1-4-19-8-6-7-9-20(19)17-25-22(23-5-2)24-16-18-10-12-21(13-11-18)30(27,28)26-14-15-29-3;/h6-13,26H,4-5,14-17H2,1-3H3,(H2,23,24,25);1H. The Bertz CT molecular complexity index is 919. The summed E-state index contributed by atoms with van der Waals surface area (Å²) >= 11 is 0. The number of hydrogen-bond donors (Lipinski definition) is 3. The smallest absolute Gasteiger partial charge is 0.240 e. The van der Waals surface area contributed by atoms with Gasteiger partial charge in [-0.15, -0.1) is 24.0 Å². The normalized spacial score (nSPS) is 11.6. The molecule has 2 aromatic rings. The molecule has 7 nitrogen and oxygen atoms in total. The van der Waals surface area contributed by atoms with Gasteiger partial charge in [-0.1, -0.05) is 43.3 Å². The highest BCUT2D eigenvalue weighted by atomic mass is 127. The second-order valence-electron chi connectivity index (χ2n) is 6.71. The van der Waals surface area contributed by atoms with Crippen LogP contribution >= 0.6 is 24.0 Å². The number of guanidine groups is 1. The molecule has 0 heterocycles. The summed E-state index contributed by atoms with van der Waals surface area (Å²) in [4.78, 5) is 4.85. The molecule has 0 atom stereocenters. The Morgan fingerprint density at radius 1 is 1.00 bits per heavy atom. The number of nitrogens with zero attached hydrogens (tertiary/aromatic N) is 1. The molecule has 0 aromatic heterocycles. The first-order valence-electron chi connectivity index (χ1n) is 10.2. The van der Waals surface area contributed by atoms with Crippen LogP contribution < -0.4 is 15.4 Å². The third-order valence-corrected chi connectivity index (χ3v) is 6.02. The van der Waals surface area contributed by atoms with Crippen LogP contribution in [0.25, 0.3) is 0 Å². The molecule has 3 N–H and O–H groups in total. The molecule has 0 spiro atoms. The van der Waals surface area contributed by atoms with Gasteiger partial charge in [-0.3, -0.25) is 0 Å². The highest BCUT2D eigenvalue weighted by molar-refractivity contribution is 14.0. The summed E-state index contributed by atoms with van der Waals surface area (Å²) in [5.74, 6) is 0.723. The zero-order valence-corrected chi connectivity index (χ0v) is 21.5. The predicted octanol–water partition coefficient (Wildman–Crippen LogP) is 3.05. The number of sulfonamides is 1. The molecule has 0 unspecified atom stereocenters. The third kappa shape index (κ3) is 9.14. The molecule has 0 amide bonds. The summed E-state index contributed by atoms with van der Waals surface area (Å²) in [6.45, 7) is 6.63. The molecule has 9 heteroatoms. The Kier molecular flexibility index (Phi) is 12.7. The van der Waals surface area contributed by atoms with E-state index in [2.05, 4.69) is 45.5 Å². The van der Waals surface area contributed by atoms with E-state index in [0.717, 1.165) is 24.5 Å². The summed E-state index contributed by atoms with van der Waals surface area (Å²) < 4.78 is 31.8. The molecule has 0 aliphatic heterocycles. The van der Waals surface area contributed by atoms with Crippen LogP contribution in [0.15, 0.2) is 58.4 Å². The zero-order chi connectivity index (χ0) is 21.8. The summed E-state index contributed by atoms with van der Waals surface area (Å²) in [6, 6.07) is 15.1.